The monoisotopic (exact) mass is 418 g/mol. The van der Waals surface area contributed by atoms with Gasteiger partial charge in [-0.25, -0.2) is 9.07 Å². The molecule has 1 aliphatic heterocycles. The smallest absolute Gasteiger partial charge is 0.253 e. The van der Waals surface area contributed by atoms with Gasteiger partial charge in [0.25, 0.3) is 5.56 Å². The van der Waals surface area contributed by atoms with Crippen LogP contribution in [0.3, 0.4) is 0 Å². The highest BCUT2D eigenvalue weighted by Crippen LogP contribution is 2.30. The summed E-state index contributed by atoms with van der Waals surface area (Å²) in [5.74, 6) is 0.330. The van der Waals surface area contributed by atoms with Crippen molar-refractivity contribution >= 4 is 10.9 Å². The summed E-state index contributed by atoms with van der Waals surface area (Å²) in [7, 11) is 0. The predicted octanol–water partition coefficient (Wildman–Crippen LogP) is 3.20. The van der Waals surface area contributed by atoms with E-state index < -0.39 is 0 Å². The predicted molar refractivity (Wildman–Crippen MR) is 115 cm³/mol. The van der Waals surface area contributed by atoms with Gasteiger partial charge in [-0.3, -0.25) is 9.69 Å². The third kappa shape index (κ3) is 3.86. The van der Waals surface area contributed by atoms with E-state index in [1.165, 1.54) is 12.1 Å². The number of halogens is 1. The van der Waals surface area contributed by atoms with Crippen LogP contribution in [0.15, 0.2) is 53.3 Å². The third-order valence-corrected chi connectivity index (χ3v) is 5.88. The van der Waals surface area contributed by atoms with E-state index in [-0.39, 0.29) is 17.4 Å². The van der Waals surface area contributed by atoms with Gasteiger partial charge >= 0.3 is 0 Å². The van der Waals surface area contributed by atoms with E-state index in [9.17, 15) is 9.18 Å². The van der Waals surface area contributed by atoms with Gasteiger partial charge < -0.3 is 4.98 Å². The van der Waals surface area contributed by atoms with Crippen LogP contribution in [-0.4, -0.2) is 43.2 Å². The normalized spacial score (nSPS) is 15.5. The molecule has 1 saturated heterocycles. The third-order valence-electron chi connectivity index (χ3n) is 5.88. The fourth-order valence-electron chi connectivity index (χ4n) is 4.32. The number of hydrogen-bond donors (Lipinski definition) is 1. The molecule has 0 saturated carbocycles. The molecule has 7 nitrogen and oxygen atoms in total. The van der Waals surface area contributed by atoms with Crippen molar-refractivity contribution in [2.24, 2.45) is 0 Å². The molecule has 1 N–H and O–H groups in total. The summed E-state index contributed by atoms with van der Waals surface area (Å²) >= 11 is 0. The Balaban J connectivity index is 1.60. The minimum absolute atomic E-state index is 0.133. The van der Waals surface area contributed by atoms with E-state index in [2.05, 4.69) is 25.4 Å². The van der Waals surface area contributed by atoms with Crippen molar-refractivity contribution in [2.45, 2.75) is 32.4 Å². The number of aromatic nitrogens is 5. The summed E-state index contributed by atoms with van der Waals surface area (Å²) in [6.07, 6.45) is 2.14. The van der Waals surface area contributed by atoms with Gasteiger partial charge in [0.2, 0.25) is 0 Å². The Morgan fingerprint density at radius 1 is 1.10 bits per heavy atom. The van der Waals surface area contributed by atoms with Gasteiger partial charge in [0, 0.05) is 11.1 Å². The second-order valence-electron chi connectivity index (χ2n) is 8.11. The molecule has 158 valence electrons. The lowest BCUT2D eigenvalue weighted by atomic mass is 10.0. The molecule has 1 aliphatic rings. The molecular weight excluding hydrogens is 395 g/mol. The van der Waals surface area contributed by atoms with E-state index in [4.69, 9.17) is 0 Å². The van der Waals surface area contributed by atoms with Crippen LogP contribution in [0.5, 0.6) is 0 Å². The summed E-state index contributed by atoms with van der Waals surface area (Å²) in [6.45, 7) is 4.15. The molecule has 5 rings (SSSR count). The van der Waals surface area contributed by atoms with Crippen molar-refractivity contribution in [1.29, 1.82) is 0 Å². The quantitative estimate of drug-likeness (QED) is 0.538. The van der Waals surface area contributed by atoms with Crippen LogP contribution in [0.1, 0.15) is 41.4 Å². The number of benzene rings is 2. The number of nitrogens with one attached hydrogen (secondary N) is 1. The zero-order chi connectivity index (χ0) is 21.4. The van der Waals surface area contributed by atoms with E-state index in [1.54, 1.807) is 16.8 Å². The molecule has 3 heterocycles. The first-order valence-electron chi connectivity index (χ1n) is 10.5. The van der Waals surface area contributed by atoms with Crippen molar-refractivity contribution in [3.63, 3.8) is 0 Å². The highest BCUT2D eigenvalue weighted by molar-refractivity contribution is 5.79. The SMILES string of the molecule is Cc1ccc2cc([C@H](c3nnnn3Cc3ccc(F)cc3)N3CCCC3)c(=O)[nH]c2c1. The Morgan fingerprint density at radius 2 is 1.87 bits per heavy atom. The molecular formula is C23H23FN6O. The number of nitrogens with zero attached hydrogens (tertiary/aromatic N) is 5. The molecule has 8 heteroatoms. The van der Waals surface area contributed by atoms with Crippen molar-refractivity contribution in [1.82, 2.24) is 30.1 Å². The van der Waals surface area contributed by atoms with Gasteiger partial charge in [-0.2, -0.15) is 0 Å². The fourth-order valence-corrected chi connectivity index (χ4v) is 4.32. The van der Waals surface area contributed by atoms with Crippen molar-refractivity contribution in [3.05, 3.63) is 87.2 Å². The number of fused-ring (bicyclic) bond motifs is 1. The first-order chi connectivity index (χ1) is 15.1. The first kappa shape index (κ1) is 19.6. The number of pyridine rings is 1. The molecule has 0 amide bonds. The Morgan fingerprint density at radius 3 is 2.65 bits per heavy atom. The molecule has 0 radical (unpaired) electrons. The van der Waals surface area contributed by atoms with Crippen molar-refractivity contribution in [2.75, 3.05) is 13.1 Å². The topological polar surface area (TPSA) is 79.7 Å². The summed E-state index contributed by atoms with van der Waals surface area (Å²) in [5.41, 5.74) is 3.30. The molecule has 1 fully saturated rings. The summed E-state index contributed by atoms with van der Waals surface area (Å²) < 4.78 is 15.0. The van der Waals surface area contributed by atoms with Crippen LogP contribution in [0, 0.1) is 12.7 Å². The average molecular weight is 418 g/mol. The zero-order valence-electron chi connectivity index (χ0n) is 17.3. The van der Waals surface area contributed by atoms with E-state index in [0.29, 0.717) is 17.9 Å². The molecule has 2 aromatic carbocycles. The average Bonchev–Trinajstić information content (AvgIpc) is 3.44. The maximum absolute atomic E-state index is 13.3. The Bertz CT molecular complexity index is 1270. The van der Waals surface area contributed by atoms with Crippen LogP contribution < -0.4 is 5.56 Å². The summed E-state index contributed by atoms with van der Waals surface area (Å²) in [5, 5.41) is 13.4. The summed E-state index contributed by atoms with van der Waals surface area (Å²) in [6, 6.07) is 13.9. The minimum atomic E-state index is -0.354. The van der Waals surface area contributed by atoms with Crippen LogP contribution in [0.2, 0.25) is 0 Å². The van der Waals surface area contributed by atoms with Crippen LogP contribution in [0.25, 0.3) is 10.9 Å². The lowest BCUT2D eigenvalue weighted by Crippen LogP contribution is -2.33. The van der Waals surface area contributed by atoms with Crippen LogP contribution >= 0.6 is 0 Å². The zero-order valence-corrected chi connectivity index (χ0v) is 17.3. The highest BCUT2D eigenvalue weighted by atomic mass is 19.1. The standard InChI is InChI=1S/C23H23FN6O/c1-15-4-7-17-13-19(23(31)25-20(17)12-15)21(29-10-2-3-11-29)22-26-27-28-30(22)14-16-5-8-18(24)9-6-16/h4-9,12-13,21H,2-3,10-11,14H2,1H3,(H,25,31)/t21-/m1/s1. The molecule has 0 aliphatic carbocycles. The molecule has 1 atom stereocenters. The minimum Gasteiger partial charge on any atom is -0.322 e. The lowest BCUT2D eigenvalue weighted by molar-refractivity contribution is 0.263. The molecule has 0 unspecified atom stereocenters. The van der Waals surface area contributed by atoms with E-state index >= 15 is 0 Å². The van der Waals surface area contributed by atoms with Gasteiger partial charge in [0.05, 0.1) is 6.54 Å². The van der Waals surface area contributed by atoms with E-state index in [1.807, 2.05) is 31.2 Å². The Labute approximate surface area is 178 Å². The number of aryl methyl sites for hydroxylation is 1. The lowest BCUT2D eigenvalue weighted by Gasteiger charge is -2.26. The van der Waals surface area contributed by atoms with Gasteiger partial charge in [0.1, 0.15) is 11.9 Å². The second-order valence-corrected chi connectivity index (χ2v) is 8.11. The fraction of sp³-hybridized carbons (Fsp3) is 0.304. The van der Waals surface area contributed by atoms with Crippen LogP contribution in [-0.2, 0) is 6.54 Å². The Hall–Kier alpha value is -3.39. The molecule has 0 bridgehead atoms. The molecule has 2 aromatic heterocycles. The molecule has 4 aromatic rings. The second kappa shape index (κ2) is 8.03. The number of hydrogen-bond acceptors (Lipinski definition) is 5. The van der Waals surface area contributed by atoms with Crippen molar-refractivity contribution < 1.29 is 4.39 Å². The maximum atomic E-state index is 13.3. The summed E-state index contributed by atoms with van der Waals surface area (Å²) in [4.78, 5) is 18.4. The highest BCUT2D eigenvalue weighted by Gasteiger charge is 2.32. The Kier molecular flexibility index (Phi) is 5.07. The molecule has 31 heavy (non-hydrogen) atoms. The van der Waals surface area contributed by atoms with Gasteiger partial charge in [-0.1, -0.05) is 24.3 Å². The number of rotatable bonds is 5. The maximum Gasteiger partial charge on any atom is 0.253 e. The first-order valence-corrected chi connectivity index (χ1v) is 10.5. The number of likely N-dealkylation sites (tertiary alicyclic amines) is 1. The van der Waals surface area contributed by atoms with E-state index in [0.717, 1.165) is 48.0 Å². The van der Waals surface area contributed by atoms with Crippen molar-refractivity contribution in [3.8, 4) is 0 Å². The van der Waals surface area contributed by atoms with Gasteiger partial charge in [-0.05, 0) is 84.1 Å². The van der Waals surface area contributed by atoms with Gasteiger partial charge in [-0.15, -0.1) is 5.10 Å². The van der Waals surface area contributed by atoms with Gasteiger partial charge in [0.15, 0.2) is 5.82 Å². The molecule has 0 spiro atoms. The largest absolute Gasteiger partial charge is 0.322 e. The number of H-pyrrole nitrogens is 1. The van der Waals surface area contributed by atoms with Crippen LogP contribution in [0.4, 0.5) is 4.39 Å². The number of aromatic amines is 1. The number of tetrazole rings is 1.